The number of carbonyl (C=O) groups excluding carboxylic acids is 1. The van der Waals surface area contributed by atoms with Crippen molar-refractivity contribution in [3.8, 4) is 0 Å². The first-order valence-corrected chi connectivity index (χ1v) is 4.83. The van der Waals surface area contributed by atoms with Crippen molar-refractivity contribution in [1.29, 1.82) is 0 Å². The molecule has 1 N–H and O–H groups in total. The smallest absolute Gasteiger partial charge is 0.249 e. The molecule has 1 saturated heterocycles. The van der Waals surface area contributed by atoms with Crippen LogP contribution in [-0.4, -0.2) is 41.0 Å². The number of alkyl halides is 2. The Kier molecular flexibility index (Phi) is 2.21. The molecule has 0 unspecified atom stereocenters. The molecule has 1 saturated carbocycles. The fraction of sp³-hybridized carbons (Fsp3) is 0.889. The van der Waals surface area contributed by atoms with E-state index in [1.807, 2.05) is 0 Å². The van der Waals surface area contributed by atoms with Gasteiger partial charge in [-0.1, -0.05) is 0 Å². The minimum atomic E-state index is -2.64. The van der Waals surface area contributed by atoms with Crippen LogP contribution in [0.5, 0.6) is 0 Å². The van der Waals surface area contributed by atoms with Gasteiger partial charge in [0.2, 0.25) is 11.8 Å². The molecule has 1 aliphatic carbocycles. The van der Waals surface area contributed by atoms with Crippen molar-refractivity contribution in [2.75, 3.05) is 13.1 Å². The Balaban J connectivity index is 1.85. The Morgan fingerprint density at radius 2 is 2.07 bits per heavy atom. The molecular weight excluding hydrogens is 192 g/mol. The number of amides is 1. The molecule has 0 aromatic rings. The van der Waals surface area contributed by atoms with Gasteiger partial charge in [0.1, 0.15) is 0 Å². The Morgan fingerprint density at radius 1 is 1.43 bits per heavy atom. The van der Waals surface area contributed by atoms with E-state index in [9.17, 15) is 18.7 Å². The summed E-state index contributed by atoms with van der Waals surface area (Å²) in [5, 5.41) is 9.18. The monoisotopic (exact) mass is 205 g/mol. The third kappa shape index (κ3) is 1.73. The fourth-order valence-electron chi connectivity index (χ4n) is 2.04. The molecular formula is C9H13F2NO2. The van der Waals surface area contributed by atoms with E-state index in [0.29, 0.717) is 19.5 Å². The maximum atomic E-state index is 12.5. The molecule has 14 heavy (non-hydrogen) atoms. The molecule has 1 atom stereocenters. The zero-order valence-corrected chi connectivity index (χ0v) is 7.75. The first kappa shape index (κ1) is 9.83. The molecule has 0 aromatic carbocycles. The molecule has 3 nitrogen and oxygen atoms in total. The Labute approximate surface area is 80.7 Å². The van der Waals surface area contributed by atoms with Gasteiger partial charge in [-0.05, 0) is 6.42 Å². The van der Waals surface area contributed by atoms with Crippen LogP contribution in [0.3, 0.4) is 0 Å². The van der Waals surface area contributed by atoms with Crippen LogP contribution in [0.25, 0.3) is 0 Å². The van der Waals surface area contributed by atoms with Gasteiger partial charge in [0.15, 0.2) is 0 Å². The molecule has 1 amide bonds. The van der Waals surface area contributed by atoms with Crippen LogP contribution in [0.4, 0.5) is 8.78 Å². The summed E-state index contributed by atoms with van der Waals surface area (Å²) in [5.74, 6) is -3.37. The molecule has 2 rings (SSSR count). The van der Waals surface area contributed by atoms with Crippen LogP contribution in [0.1, 0.15) is 19.3 Å². The number of rotatable bonds is 1. The summed E-state index contributed by atoms with van der Waals surface area (Å²) >= 11 is 0. The Bertz CT molecular complexity index is 249. The first-order chi connectivity index (χ1) is 6.48. The van der Waals surface area contributed by atoms with Crippen LogP contribution in [0.15, 0.2) is 0 Å². The van der Waals surface area contributed by atoms with Crippen LogP contribution in [0.2, 0.25) is 0 Å². The number of likely N-dealkylation sites (tertiary alicyclic amines) is 1. The maximum Gasteiger partial charge on any atom is 0.249 e. The van der Waals surface area contributed by atoms with E-state index in [-0.39, 0.29) is 18.7 Å². The molecule has 0 spiro atoms. The highest BCUT2D eigenvalue weighted by molar-refractivity contribution is 5.80. The number of carbonyl (C=O) groups is 1. The Morgan fingerprint density at radius 3 is 2.50 bits per heavy atom. The Hall–Kier alpha value is -0.710. The number of halogens is 2. The van der Waals surface area contributed by atoms with E-state index in [2.05, 4.69) is 0 Å². The summed E-state index contributed by atoms with van der Waals surface area (Å²) < 4.78 is 25.0. The highest BCUT2D eigenvalue weighted by Crippen LogP contribution is 2.43. The molecule has 1 aliphatic heterocycles. The highest BCUT2D eigenvalue weighted by atomic mass is 19.3. The second-order valence-electron chi connectivity index (χ2n) is 4.19. The zero-order chi connectivity index (χ0) is 10.3. The van der Waals surface area contributed by atoms with E-state index in [0.717, 1.165) is 0 Å². The SMILES string of the molecule is O=C(C1CC(F)(F)C1)N1CC[C@H](O)C1. The van der Waals surface area contributed by atoms with Crippen molar-refractivity contribution in [3.63, 3.8) is 0 Å². The molecule has 5 heteroatoms. The minimum absolute atomic E-state index is 0.215. The van der Waals surface area contributed by atoms with Gasteiger partial charge in [-0.2, -0.15) is 0 Å². The van der Waals surface area contributed by atoms with Gasteiger partial charge in [0.25, 0.3) is 0 Å². The van der Waals surface area contributed by atoms with Crippen molar-refractivity contribution in [1.82, 2.24) is 4.90 Å². The van der Waals surface area contributed by atoms with Gasteiger partial charge in [-0.3, -0.25) is 4.79 Å². The quantitative estimate of drug-likeness (QED) is 0.682. The number of aliphatic hydroxyl groups excluding tert-OH is 1. The normalized spacial score (nSPS) is 31.6. The first-order valence-electron chi connectivity index (χ1n) is 4.83. The predicted octanol–water partition coefficient (Wildman–Crippen LogP) is 0.625. The number of nitrogens with zero attached hydrogens (tertiary/aromatic N) is 1. The lowest BCUT2D eigenvalue weighted by molar-refractivity contribution is -0.159. The summed E-state index contributed by atoms with van der Waals surface area (Å²) in [4.78, 5) is 13.0. The highest BCUT2D eigenvalue weighted by Gasteiger charge is 2.50. The number of hydrogen-bond donors (Lipinski definition) is 1. The third-order valence-electron chi connectivity index (χ3n) is 2.91. The van der Waals surface area contributed by atoms with Gasteiger partial charge >= 0.3 is 0 Å². The number of aliphatic hydroxyl groups is 1. The van der Waals surface area contributed by atoms with Gasteiger partial charge in [0, 0.05) is 31.8 Å². The van der Waals surface area contributed by atoms with E-state index in [4.69, 9.17) is 0 Å². The second kappa shape index (κ2) is 3.15. The largest absolute Gasteiger partial charge is 0.391 e. The van der Waals surface area contributed by atoms with E-state index in [1.54, 1.807) is 0 Å². The van der Waals surface area contributed by atoms with Crippen LogP contribution in [-0.2, 0) is 4.79 Å². The summed E-state index contributed by atoms with van der Waals surface area (Å²) in [7, 11) is 0. The summed E-state index contributed by atoms with van der Waals surface area (Å²) in [5.41, 5.74) is 0. The average Bonchev–Trinajstić information content (AvgIpc) is 2.46. The van der Waals surface area contributed by atoms with E-state index >= 15 is 0 Å². The van der Waals surface area contributed by atoms with Crippen LogP contribution < -0.4 is 0 Å². The molecule has 2 aliphatic rings. The molecule has 2 fully saturated rings. The minimum Gasteiger partial charge on any atom is -0.391 e. The zero-order valence-electron chi connectivity index (χ0n) is 7.75. The lowest BCUT2D eigenvalue weighted by Gasteiger charge is -2.36. The second-order valence-corrected chi connectivity index (χ2v) is 4.19. The lowest BCUT2D eigenvalue weighted by atomic mass is 9.80. The van der Waals surface area contributed by atoms with Crippen molar-refractivity contribution in [2.24, 2.45) is 5.92 Å². The molecule has 0 aromatic heterocycles. The van der Waals surface area contributed by atoms with Gasteiger partial charge in [0.05, 0.1) is 6.10 Å². The topological polar surface area (TPSA) is 40.5 Å². The van der Waals surface area contributed by atoms with E-state index in [1.165, 1.54) is 4.90 Å². The van der Waals surface area contributed by atoms with Gasteiger partial charge in [-0.15, -0.1) is 0 Å². The third-order valence-corrected chi connectivity index (χ3v) is 2.91. The molecule has 0 radical (unpaired) electrons. The molecule has 0 bridgehead atoms. The van der Waals surface area contributed by atoms with Crippen LogP contribution in [0, 0.1) is 5.92 Å². The maximum absolute atomic E-state index is 12.5. The van der Waals surface area contributed by atoms with Gasteiger partial charge < -0.3 is 10.0 Å². The van der Waals surface area contributed by atoms with E-state index < -0.39 is 17.9 Å². The average molecular weight is 205 g/mol. The van der Waals surface area contributed by atoms with Crippen LogP contribution >= 0.6 is 0 Å². The summed E-state index contributed by atoms with van der Waals surface area (Å²) in [6.45, 7) is 0.809. The number of hydrogen-bond acceptors (Lipinski definition) is 2. The molecule has 80 valence electrons. The lowest BCUT2D eigenvalue weighted by Crippen LogP contribution is -2.46. The fourth-order valence-corrected chi connectivity index (χ4v) is 2.04. The summed E-state index contributed by atoms with van der Waals surface area (Å²) in [6.07, 6.45) is -0.550. The van der Waals surface area contributed by atoms with Crippen molar-refractivity contribution < 1.29 is 18.7 Å². The predicted molar refractivity (Wildman–Crippen MR) is 44.9 cm³/mol. The van der Waals surface area contributed by atoms with Gasteiger partial charge in [-0.25, -0.2) is 8.78 Å². The van der Waals surface area contributed by atoms with Crippen molar-refractivity contribution >= 4 is 5.91 Å². The van der Waals surface area contributed by atoms with Crippen molar-refractivity contribution in [2.45, 2.75) is 31.3 Å². The molecule has 1 heterocycles. The number of β-amino-alcohol motifs (C(OH)–C–C–N with tert-alkyl or cyclic N) is 1. The standard InChI is InChI=1S/C9H13F2NO2/c10-9(11)3-6(4-9)8(14)12-2-1-7(13)5-12/h6-7,13H,1-5H2/t7-/m0/s1. The summed E-state index contributed by atoms with van der Waals surface area (Å²) in [6, 6.07) is 0. The van der Waals surface area contributed by atoms with Crippen molar-refractivity contribution in [3.05, 3.63) is 0 Å².